The highest BCUT2D eigenvalue weighted by Gasteiger charge is 2.09. The van der Waals surface area contributed by atoms with Crippen molar-refractivity contribution in [2.75, 3.05) is 19.0 Å². The van der Waals surface area contributed by atoms with E-state index in [-0.39, 0.29) is 0 Å². The Hall–Kier alpha value is -1.91. The monoisotopic (exact) mass is 237 g/mol. The second-order valence-electron chi connectivity index (χ2n) is 4.05. The maximum absolute atomic E-state index is 13.1. The van der Waals surface area contributed by atoms with Gasteiger partial charge in [-0.25, -0.2) is 13.5 Å². The predicted molar refractivity (Wildman–Crippen MR) is 62.5 cm³/mol. The summed E-state index contributed by atoms with van der Waals surface area (Å²) in [6, 6.07) is 5.61. The van der Waals surface area contributed by atoms with Gasteiger partial charge in [0.15, 0.2) is 17.5 Å². The Kier molecular flexibility index (Phi) is 2.83. The van der Waals surface area contributed by atoms with Gasteiger partial charge in [0, 0.05) is 31.9 Å². The summed E-state index contributed by atoms with van der Waals surface area (Å²) in [5.41, 5.74) is 1.37. The fourth-order valence-electron chi connectivity index (χ4n) is 1.55. The Morgan fingerprint density at radius 1 is 1.12 bits per heavy atom. The highest BCUT2D eigenvalue weighted by atomic mass is 19.2. The SMILES string of the molecule is Cc1cc(N(C)C)nn1-c1ccc(F)c(F)c1. The van der Waals surface area contributed by atoms with Crippen LogP contribution in [0.15, 0.2) is 24.3 Å². The van der Waals surface area contributed by atoms with Gasteiger partial charge in [-0.2, -0.15) is 5.10 Å². The zero-order valence-corrected chi connectivity index (χ0v) is 9.91. The average Bonchev–Trinajstić information content (AvgIpc) is 2.65. The third kappa shape index (κ3) is 2.13. The van der Waals surface area contributed by atoms with E-state index in [9.17, 15) is 8.78 Å². The number of hydrogen-bond acceptors (Lipinski definition) is 2. The molecule has 5 heteroatoms. The number of aromatic nitrogens is 2. The molecule has 1 aromatic carbocycles. The molecule has 0 bridgehead atoms. The Balaban J connectivity index is 2.49. The van der Waals surface area contributed by atoms with Crippen LogP contribution in [-0.2, 0) is 0 Å². The van der Waals surface area contributed by atoms with E-state index >= 15 is 0 Å². The van der Waals surface area contributed by atoms with Crippen molar-refractivity contribution in [3.8, 4) is 5.69 Å². The van der Waals surface area contributed by atoms with Gasteiger partial charge in [0.05, 0.1) is 5.69 Å². The predicted octanol–water partition coefficient (Wildman–Crippen LogP) is 2.52. The van der Waals surface area contributed by atoms with Crippen LogP contribution in [0.4, 0.5) is 14.6 Å². The average molecular weight is 237 g/mol. The molecule has 0 spiro atoms. The van der Waals surface area contributed by atoms with Crippen molar-refractivity contribution in [1.82, 2.24) is 9.78 Å². The van der Waals surface area contributed by atoms with Gasteiger partial charge in [-0.3, -0.25) is 0 Å². The van der Waals surface area contributed by atoms with Crippen LogP contribution in [0.3, 0.4) is 0 Å². The topological polar surface area (TPSA) is 21.1 Å². The smallest absolute Gasteiger partial charge is 0.160 e. The third-order valence-electron chi connectivity index (χ3n) is 2.48. The van der Waals surface area contributed by atoms with Crippen molar-refractivity contribution >= 4 is 5.82 Å². The van der Waals surface area contributed by atoms with Gasteiger partial charge in [0.2, 0.25) is 0 Å². The number of anilines is 1. The maximum Gasteiger partial charge on any atom is 0.160 e. The van der Waals surface area contributed by atoms with Crippen LogP contribution >= 0.6 is 0 Å². The molecule has 2 rings (SSSR count). The first kappa shape index (κ1) is 11.6. The van der Waals surface area contributed by atoms with E-state index in [0.717, 1.165) is 23.6 Å². The van der Waals surface area contributed by atoms with Gasteiger partial charge in [-0.05, 0) is 19.1 Å². The first-order valence-corrected chi connectivity index (χ1v) is 5.18. The number of hydrogen-bond donors (Lipinski definition) is 0. The van der Waals surface area contributed by atoms with Gasteiger partial charge < -0.3 is 4.90 Å². The quantitative estimate of drug-likeness (QED) is 0.800. The molecule has 0 atom stereocenters. The van der Waals surface area contributed by atoms with Gasteiger partial charge in [0.25, 0.3) is 0 Å². The van der Waals surface area contributed by atoms with Gasteiger partial charge in [-0.1, -0.05) is 0 Å². The van der Waals surface area contributed by atoms with Crippen LogP contribution in [0.25, 0.3) is 5.69 Å². The molecule has 0 unspecified atom stereocenters. The molecule has 3 nitrogen and oxygen atoms in total. The lowest BCUT2D eigenvalue weighted by Crippen LogP contribution is -2.10. The minimum atomic E-state index is -0.871. The fourth-order valence-corrected chi connectivity index (χ4v) is 1.55. The summed E-state index contributed by atoms with van der Waals surface area (Å²) in [6.45, 7) is 1.86. The Morgan fingerprint density at radius 2 is 1.82 bits per heavy atom. The zero-order chi connectivity index (χ0) is 12.6. The number of halogens is 2. The zero-order valence-electron chi connectivity index (χ0n) is 9.91. The van der Waals surface area contributed by atoms with Crippen molar-refractivity contribution in [3.63, 3.8) is 0 Å². The van der Waals surface area contributed by atoms with Crippen LogP contribution in [-0.4, -0.2) is 23.9 Å². The van der Waals surface area contributed by atoms with Crippen LogP contribution in [0, 0.1) is 18.6 Å². The minimum absolute atomic E-state index is 0.509. The molecular weight excluding hydrogens is 224 g/mol. The summed E-state index contributed by atoms with van der Waals surface area (Å²) in [4.78, 5) is 1.85. The van der Waals surface area contributed by atoms with Crippen LogP contribution in [0.1, 0.15) is 5.69 Å². The molecular formula is C12H13F2N3. The molecule has 0 amide bonds. The molecule has 0 aliphatic carbocycles. The largest absolute Gasteiger partial charge is 0.361 e. The lowest BCUT2D eigenvalue weighted by Gasteiger charge is -2.07. The molecule has 1 heterocycles. The second-order valence-corrected chi connectivity index (χ2v) is 4.05. The Bertz CT molecular complexity index is 547. The van der Waals surface area contributed by atoms with Crippen LogP contribution in [0.2, 0.25) is 0 Å². The van der Waals surface area contributed by atoms with Crippen LogP contribution in [0.5, 0.6) is 0 Å². The van der Waals surface area contributed by atoms with Crippen LogP contribution < -0.4 is 4.90 Å². The summed E-state index contributed by atoms with van der Waals surface area (Å²) in [6.07, 6.45) is 0. The molecule has 2 aromatic rings. The molecule has 17 heavy (non-hydrogen) atoms. The van der Waals surface area contributed by atoms with E-state index in [1.54, 1.807) is 4.68 Å². The first-order chi connectivity index (χ1) is 7.99. The summed E-state index contributed by atoms with van der Waals surface area (Å²) >= 11 is 0. The van der Waals surface area contributed by atoms with E-state index < -0.39 is 11.6 Å². The number of nitrogens with zero attached hydrogens (tertiary/aromatic N) is 3. The minimum Gasteiger partial charge on any atom is -0.361 e. The second kappa shape index (κ2) is 4.16. The molecule has 90 valence electrons. The molecule has 0 radical (unpaired) electrons. The normalized spacial score (nSPS) is 10.6. The highest BCUT2D eigenvalue weighted by molar-refractivity contribution is 5.42. The first-order valence-electron chi connectivity index (χ1n) is 5.18. The van der Waals surface area contributed by atoms with Crippen molar-refractivity contribution in [2.24, 2.45) is 0 Å². The van der Waals surface area contributed by atoms with E-state index in [1.807, 2.05) is 32.0 Å². The number of aryl methyl sites for hydroxylation is 1. The van der Waals surface area contributed by atoms with E-state index in [1.165, 1.54) is 6.07 Å². The van der Waals surface area contributed by atoms with E-state index in [0.29, 0.717) is 5.69 Å². The molecule has 0 aliphatic rings. The maximum atomic E-state index is 13.1. The number of rotatable bonds is 2. The molecule has 0 saturated heterocycles. The van der Waals surface area contributed by atoms with Crippen molar-refractivity contribution in [2.45, 2.75) is 6.92 Å². The molecule has 0 saturated carbocycles. The molecule has 0 N–H and O–H groups in total. The Morgan fingerprint density at radius 3 is 2.35 bits per heavy atom. The fraction of sp³-hybridized carbons (Fsp3) is 0.250. The lowest BCUT2D eigenvalue weighted by atomic mass is 10.3. The van der Waals surface area contributed by atoms with E-state index in [4.69, 9.17) is 0 Å². The summed E-state index contributed by atoms with van der Waals surface area (Å²) in [7, 11) is 3.74. The molecule has 0 aliphatic heterocycles. The standard InChI is InChI=1S/C12H13F2N3/c1-8-6-12(16(2)3)15-17(8)9-4-5-10(13)11(14)7-9/h4-7H,1-3H3. The van der Waals surface area contributed by atoms with Crippen molar-refractivity contribution in [1.29, 1.82) is 0 Å². The van der Waals surface area contributed by atoms with Gasteiger partial charge in [0.1, 0.15) is 0 Å². The summed E-state index contributed by atoms with van der Waals surface area (Å²) in [5.74, 6) is -0.956. The lowest BCUT2D eigenvalue weighted by molar-refractivity contribution is 0.507. The summed E-state index contributed by atoms with van der Waals surface area (Å²) < 4.78 is 27.6. The van der Waals surface area contributed by atoms with Crippen molar-refractivity contribution < 1.29 is 8.78 Å². The van der Waals surface area contributed by atoms with E-state index in [2.05, 4.69) is 5.10 Å². The Labute approximate surface area is 98.3 Å². The van der Waals surface area contributed by atoms with Gasteiger partial charge >= 0.3 is 0 Å². The molecule has 0 fully saturated rings. The highest BCUT2D eigenvalue weighted by Crippen LogP contribution is 2.18. The van der Waals surface area contributed by atoms with Gasteiger partial charge in [-0.15, -0.1) is 0 Å². The van der Waals surface area contributed by atoms with Crippen molar-refractivity contribution in [3.05, 3.63) is 41.6 Å². The number of benzene rings is 1. The third-order valence-corrected chi connectivity index (χ3v) is 2.48. The molecule has 1 aromatic heterocycles. The summed E-state index contributed by atoms with van der Waals surface area (Å²) in [5, 5.41) is 4.30.